The van der Waals surface area contributed by atoms with Crippen LogP contribution in [0, 0.1) is 0 Å². The van der Waals surface area contributed by atoms with Gasteiger partial charge in [-0.15, -0.1) is 0 Å². The van der Waals surface area contributed by atoms with E-state index in [2.05, 4.69) is 43.5 Å². The lowest BCUT2D eigenvalue weighted by Gasteiger charge is -2.14. The van der Waals surface area contributed by atoms with Crippen molar-refractivity contribution in [2.75, 3.05) is 11.9 Å². The van der Waals surface area contributed by atoms with E-state index in [0.29, 0.717) is 12.5 Å². The van der Waals surface area contributed by atoms with Gasteiger partial charge in [-0.3, -0.25) is 4.79 Å². The number of amides is 1. The zero-order chi connectivity index (χ0) is 15.5. The second-order valence-electron chi connectivity index (χ2n) is 5.66. The van der Waals surface area contributed by atoms with Gasteiger partial charge in [0.25, 0.3) is 0 Å². The van der Waals surface area contributed by atoms with Gasteiger partial charge in [0.05, 0.1) is 0 Å². The van der Waals surface area contributed by atoms with Crippen LogP contribution in [0.4, 0.5) is 5.69 Å². The van der Waals surface area contributed by atoms with Gasteiger partial charge in [0.2, 0.25) is 5.91 Å². The number of benzene rings is 1. The monoisotopic (exact) mass is 290 g/mol. The Hall–Kier alpha value is -1.35. The normalized spacial score (nSPS) is 12.1. The quantitative estimate of drug-likeness (QED) is 0.615. The van der Waals surface area contributed by atoms with E-state index in [9.17, 15) is 4.79 Å². The molecule has 0 aliphatic carbocycles. The van der Waals surface area contributed by atoms with Crippen LogP contribution in [0.25, 0.3) is 0 Å². The Bertz CT molecular complexity index is 400. The topological polar surface area (TPSA) is 41.1 Å². The van der Waals surface area contributed by atoms with Crippen molar-refractivity contribution >= 4 is 11.6 Å². The number of hydrogen-bond donors (Lipinski definition) is 2. The minimum Gasteiger partial charge on any atom is -0.326 e. The third kappa shape index (κ3) is 7.28. The Labute approximate surface area is 129 Å². The molecule has 2 N–H and O–H groups in total. The molecular formula is C18H30N2O. The maximum atomic E-state index is 11.8. The molecule has 0 spiro atoms. The van der Waals surface area contributed by atoms with Crippen LogP contribution in [0.5, 0.6) is 0 Å². The molecule has 0 aliphatic rings. The molecule has 21 heavy (non-hydrogen) atoms. The van der Waals surface area contributed by atoms with Crippen LogP contribution in [0.3, 0.4) is 0 Å². The molecule has 1 unspecified atom stereocenters. The fourth-order valence-corrected chi connectivity index (χ4v) is 2.27. The molecule has 0 aliphatic heterocycles. The molecule has 0 fully saturated rings. The smallest absolute Gasteiger partial charge is 0.224 e. The molecule has 1 rings (SSSR count). The fraction of sp³-hybridized carbons (Fsp3) is 0.611. The van der Waals surface area contributed by atoms with Crippen LogP contribution in [0.2, 0.25) is 0 Å². The third-order valence-electron chi connectivity index (χ3n) is 3.65. The van der Waals surface area contributed by atoms with Crippen LogP contribution in [-0.4, -0.2) is 12.5 Å². The maximum Gasteiger partial charge on any atom is 0.224 e. The van der Waals surface area contributed by atoms with Gasteiger partial charge in [-0.05, 0) is 44.0 Å². The van der Waals surface area contributed by atoms with Crippen molar-refractivity contribution in [1.29, 1.82) is 0 Å². The molecule has 118 valence electrons. The van der Waals surface area contributed by atoms with Gasteiger partial charge in [0, 0.05) is 18.2 Å². The number of rotatable bonds is 10. The predicted molar refractivity (Wildman–Crippen MR) is 90.5 cm³/mol. The molecule has 0 bridgehead atoms. The van der Waals surface area contributed by atoms with E-state index in [-0.39, 0.29) is 5.91 Å². The summed E-state index contributed by atoms with van der Waals surface area (Å²) < 4.78 is 0. The molecule has 3 heteroatoms. The van der Waals surface area contributed by atoms with Gasteiger partial charge in [0.1, 0.15) is 0 Å². The predicted octanol–water partition coefficient (Wildman–Crippen LogP) is 4.66. The molecule has 0 saturated heterocycles. The van der Waals surface area contributed by atoms with E-state index in [1.54, 1.807) is 0 Å². The van der Waals surface area contributed by atoms with E-state index < -0.39 is 0 Å². The average Bonchev–Trinajstić information content (AvgIpc) is 2.50. The summed E-state index contributed by atoms with van der Waals surface area (Å²) in [7, 11) is 0. The molecular weight excluding hydrogens is 260 g/mol. The van der Waals surface area contributed by atoms with E-state index in [0.717, 1.165) is 31.5 Å². The minimum atomic E-state index is 0.121. The highest BCUT2D eigenvalue weighted by Crippen LogP contribution is 2.16. The summed E-state index contributed by atoms with van der Waals surface area (Å²) in [6, 6.07) is 8.50. The van der Waals surface area contributed by atoms with Gasteiger partial charge in [-0.1, -0.05) is 45.2 Å². The van der Waals surface area contributed by atoms with Crippen molar-refractivity contribution < 1.29 is 4.79 Å². The summed E-state index contributed by atoms with van der Waals surface area (Å²) in [4.78, 5) is 11.8. The number of nitrogens with one attached hydrogen (secondary N) is 2. The van der Waals surface area contributed by atoms with Crippen molar-refractivity contribution in [2.24, 2.45) is 0 Å². The largest absolute Gasteiger partial charge is 0.326 e. The summed E-state index contributed by atoms with van der Waals surface area (Å²) >= 11 is 0. The van der Waals surface area contributed by atoms with Crippen LogP contribution in [0.1, 0.15) is 70.9 Å². The summed E-state index contributed by atoms with van der Waals surface area (Å²) in [6.07, 6.45) is 6.30. The minimum absolute atomic E-state index is 0.121. The van der Waals surface area contributed by atoms with E-state index in [1.807, 2.05) is 12.1 Å². The van der Waals surface area contributed by atoms with Crippen LogP contribution in [0.15, 0.2) is 24.3 Å². The van der Waals surface area contributed by atoms with Crippen LogP contribution in [-0.2, 0) is 4.79 Å². The Morgan fingerprint density at radius 1 is 1.05 bits per heavy atom. The first-order chi connectivity index (χ1) is 10.2. The lowest BCUT2D eigenvalue weighted by Crippen LogP contribution is -2.19. The van der Waals surface area contributed by atoms with E-state index in [1.165, 1.54) is 18.4 Å². The Kier molecular flexibility index (Phi) is 8.76. The number of unbranched alkanes of at least 4 members (excludes halogenated alkanes) is 3. The molecule has 0 saturated carbocycles. The van der Waals surface area contributed by atoms with Crippen molar-refractivity contribution in [1.82, 2.24) is 5.32 Å². The maximum absolute atomic E-state index is 11.8. The standard InChI is InChI=1S/C18H30N2O/c1-4-6-7-8-9-18(21)20-17-12-10-16(11-13-17)15(3)19-14-5-2/h10-13,15,19H,4-9,14H2,1-3H3,(H,20,21). The molecule has 1 amide bonds. The second kappa shape index (κ2) is 10.4. The summed E-state index contributed by atoms with van der Waals surface area (Å²) in [5.74, 6) is 0.121. The van der Waals surface area contributed by atoms with E-state index in [4.69, 9.17) is 0 Å². The van der Waals surface area contributed by atoms with Crippen molar-refractivity contribution in [3.63, 3.8) is 0 Å². The van der Waals surface area contributed by atoms with Gasteiger partial charge in [-0.25, -0.2) is 0 Å². The first kappa shape index (κ1) is 17.7. The van der Waals surface area contributed by atoms with Crippen LogP contribution < -0.4 is 10.6 Å². The van der Waals surface area contributed by atoms with Gasteiger partial charge < -0.3 is 10.6 Å². The zero-order valence-corrected chi connectivity index (χ0v) is 13.7. The Morgan fingerprint density at radius 2 is 1.76 bits per heavy atom. The summed E-state index contributed by atoms with van der Waals surface area (Å²) in [5, 5.41) is 6.43. The number of carbonyl (C=O) groups excluding carboxylic acids is 1. The Morgan fingerprint density at radius 3 is 2.38 bits per heavy atom. The van der Waals surface area contributed by atoms with Crippen molar-refractivity contribution in [3.8, 4) is 0 Å². The molecule has 1 atom stereocenters. The van der Waals surface area contributed by atoms with Crippen LogP contribution >= 0.6 is 0 Å². The molecule has 1 aromatic rings. The van der Waals surface area contributed by atoms with Gasteiger partial charge in [0.15, 0.2) is 0 Å². The summed E-state index contributed by atoms with van der Waals surface area (Å²) in [5.41, 5.74) is 2.14. The zero-order valence-electron chi connectivity index (χ0n) is 13.7. The van der Waals surface area contributed by atoms with Crippen molar-refractivity contribution in [2.45, 2.75) is 65.3 Å². The highest BCUT2D eigenvalue weighted by Gasteiger charge is 2.05. The van der Waals surface area contributed by atoms with Crippen molar-refractivity contribution in [3.05, 3.63) is 29.8 Å². The first-order valence-corrected chi connectivity index (χ1v) is 8.30. The van der Waals surface area contributed by atoms with Gasteiger partial charge in [-0.2, -0.15) is 0 Å². The fourth-order valence-electron chi connectivity index (χ4n) is 2.27. The third-order valence-corrected chi connectivity index (χ3v) is 3.65. The molecule has 0 heterocycles. The number of anilines is 1. The SMILES string of the molecule is CCCCCCC(=O)Nc1ccc(C(C)NCCC)cc1. The lowest BCUT2D eigenvalue weighted by atomic mass is 10.1. The van der Waals surface area contributed by atoms with Gasteiger partial charge >= 0.3 is 0 Å². The molecule has 0 aromatic heterocycles. The van der Waals surface area contributed by atoms with E-state index >= 15 is 0 Å². The number of carbonyl (C=O) groups is 1. The number of hydrogen-bond acceptors (Lipinski definition) is 2. The first-order valence-electron chi connectivity index (χ1n) is 8.30. The summed E-state index contributed by atoms with van der Waals surface area (Å²) in [6.45, 7) is 7.53. The highest BCUT2D eigenvalue weighted by atomic mass is 16.1. The lowest BCUT2D eigenvalue weighted by molar-refractivity contribution is -0.116. The highest BCUT2D eigenvalue weighted by molar-refractivity contribution is 5.90. The molecule has 3 nitrogen and oxygen atoms in total. The molecule has 1 aromatic carbocycles. The molecule has 0 radical (unpaired) electrons. The average molecular weight is 290 g/mol. The Balaban J connectivity index is 2.38. The second-order valence-corrected chi connectivity index (χ2v) is 5.66.